The molecule has 20 heavy (non-hydrogen) atoms. The molecule has 5 heteroatoms. The summed E-state index contributed by atoms with van der Waals surface area (Å²) in [5.74, 6) is -1.58. The molecule has 2 fully saturated rings. The van der Waals surface area contributed by atoms with Crippen LogP contribution in [0.2, 0.25) is 0 Å². The Hall–Kier alpha value is -1.46. The standard InChI is InChI=1S/C15H18FNO3/c16-11-5-4-10(12(8-11)15(18)19)9-17-6-7-20-14-3-1-2-13(14)17/h4-5,8,13-14H,1-3,6-7,9H2,(H,18,19). The first-order valence-electron chi connectivity index (χ1n) is 7.02. The predicted molar refractivity (Wildman–Crippen MR) is 71.1 cm³/mol. The number of aromatic carboxylic acids is 1. The second-order valence-corrected chi connectivity index (χ2v) is 5.48. The number of ether oxygens (including phenoxy) is 1. The number of fused-ring (bicyclic) bond motifs is 1. The number of halogens is 1. The van der Waals surface area contributed by atoms with E-state index in [0.29, 0.717) is 24.8 Å². The molecule has 4 nitrogen and oxygen atoms in total. The van der Waals surface area contributed by atoms with Crippen LogP contribution in [0.4, 0.5) is 4.39 Å². The van der Waals surface area contributed by atoms with Crippen LogP contribution in [0.5, 0.6) is 0 Å². The van der Waals surface area contributed by atoms with E-state index in [0.717, 1.165) is 31.9 Å². The van der Waals surface area contributed by atoms with Gasteiger partial charge in [-0.1, -0.05) is 6.07 Å². The van der Waals surface area contributed by atoms with E-state index in [9.17, 15) is 14.3 Å². The lowest BCUT2D eigenvalue weighted by atomic mass is 10.0. The monoisotopic (exact) mass is 279 g/mol. The number of carbonyl (C=O) groups is 1. The second kappa shape index (κ2) is 5.50. The highest BCUT2D eigenvalue weighted by molar-refractivity contribution is 5.89. The summed E-state index contributed by atoms with van der Waals surface area (Å²) in [5.41, 5.74) is 0.734. The number of morpholine rings is 1. The van der Waals surface area contributed by atoms with Gasteiger partial charge in [0.1, 0.15) is 5.82 Å². The van der Waals surface area contributed by atoms with Crippen molar-refractivity contribution in [3.63, 3.8) is 0 Å². The van der Waals surface area contributed by atoms with Gasteiger partial charge in [-0.25, -0.2) is 9.18 Å². The predicted octanol–water partition coefficient (Wildman–Crippen LogP) is 2.28. The van der Waals surface area contributed by atoms with Crippen molar-refractivity contribution in [2.75, 3.05) is 13.2 Å². The van der Waals surface area contributed by atoms with Gasteiger partial charge in [-0.05, 0) is 37.0 Å². The zero-order valence-corrected chi connectivity index (χ0v) is 11.2. The normalized spacial score (nSPS) is 26.4. The molecule has 1 saturated heterocycles. The van der Waals surface area contributed by atoms with Crippen molar-refractivity contribution in [3.8, 4) is 0 Å². The fourth-order valence-electron chi connectivity index (χ4n) is 3.31. The molecule has 1 heterocycles. The lowest BCUT2D eigenvalue weighted by Crippen LogP contribution is -2.48. The molecule has 1 N–H and O–H groups in total. The van der Waals surface area contributed by atoms with Gasteiger partial charge in [0.25, 0.3) is 0 Å². The third kappa shape index (κ3) is 2.55. The van der Waals surface area contributed by atoms with Crippen molar-refractivity contribution >= 4 is 5.97 Å². The van der Waals surface area contributed by atoms with Crippen LogP contribution >= 0.6 is 0 Å². The third-order valence-electron chi connectivity index (χ3n) is 4.27. The Kier molecular flexibility index (Phi) is 3.72. The minimum atomic E-state index is -1.07. The molecular formula is C15H18FNO3. The van der Waals surface area contributed by atoms with Gasteiger partial charge in [0.05, 0.1) is 18.3 Å². The number of rotatable bonds is 3. The van der Waals surface area contributed by atoms with Crippen LogP contribution < -0.4 is 0 Å². The molecule has 1 aliphatic carbocycles. The van der Waals surface area contributed by atoms with E-state index in [1.54, 1.807) is 6.07 Å². The van der Waals surface area contributed by atoms with E-state index in [2.05, 4.69) is 4.90 Å². The summed E-state index contributed by atoms with van der Waals surface area (Å²) in [6.45, 7) is 2.04. The number of hydrogen-bond donors (Lipinski definition) is 1. The molecule has 0 radical (unpaired) electrons. The van der Waals surface area contributed by atoms with Gasteiger partial charge in [0.15, 0.2) is 0 Å². The average Bonchev–Trinajstić information content (AvgIpc) is 2.90. The molecule has 2 unspecified atom stereocenters. The molecule has 0 aromatic heterocycles. The van der Waals surface area contributed by atoms with Crippen molar-refractivity contribution in [2.45, 2.75) is 38.0 Å². The summed E-state index contributed by atoms with van der Waals surface area (Å²) < 4.78 is 19.0. The molecule has 1 aromatic carbocycles. The Balaban J connectivity index is 1.82. The van der Waals surface area contributed by atoms with E-state index in [1.807, 2.05) is 0 Å². The first-order chi connectivity index (χ1) is 9.65. The molecule has 2 aliphatic rings. The number of carboxylic acid groups (broad SMARTS) is 1. The van der Waals surface area contributed by atoms with Crippen LogP contribution in [-0.2, 0) is 11.3 Å². The van der Waals surface area contributed by atoms with Crippen LogP contribution in [0.1, 0.15) is 35.2 Å². The van der Waals surface area contributed by atoms with Gasteiger partial charge in [-0.2, -0.15) is 0 Å². The quantitative estimate of drug-likeness (QED) is 0.922. The maximum Gasteiger partial charge on any atom is 0.336 e. The van der Waals surface area contributed by atoms with Gasteiger partial charge in [0, 0.05) is 19.1 Å². The Morgan fingerprint density at radius 1 is 1.45 bits per heavy atom. The fourth-order valence-corrected chi connectivity index (χ4v) is 3.31. The molecule has 0 bridgehead atoms. The minimum Gasteiger partial charge on any atom is -0.478 e. The van der Waals surface area contributed by atoms with Crippen LogP contribution in [0.25, 0.3) is 0 Å². The highest BCUT2D eigenvalue weighted by Crippen LogP contribution is 2.31. The topological polar surface area (TPSA) is 49.8 Å². The molecule has 1 aliphatic heterocycles. The number of nitrogens with zero attached hydrogens (tertiary/aromatic N) is 1. The molecule has 3 rings (SSSR count). The summed E-state index contributed by atoms with van der Waals surface area (Å²) in [7, 11) is 0. The number of carboxylic acids is 1. The molecule has 0 spiro atoms. The van der Waals surface area contributed by atoms with Gasteiger partial charge < -0.3 is 9.84 Å². The second-order valence-electron chi connectivity index (χ2n) is 5.48. The van der Waals surface area contributed by atoms with Crippen molar-refractivity contribution < 1.29 is 19.0 Å². The van der Waals surface area contributed by atoms with E-state index in [1.165, 1.54) is 6.07 Å². The summed E-state index contributed by atoms with van der Waals surface area (Å²) >= 11 is 0. The highest BCUT2D eigenvalue weighted by atomic mass is 19.1. The van der Waals surface area contributed by atoms with Crippen LogP contribution in [0.3, 0.4) is 0 Å². The van der Waals surface area contributed by atoms with E-state index in [-0.39, 0.29) is 11.7 Å². The smallest absolute Gasteiger partial charge is 0.336 e. The third-order valence-corrected chi connectivity index (χ3v) is 4.27. The lowest BCUT2D eigenvalue weighted by Gasteiger charge is -2.37. The zero-order chi connectivity index (χ0) is 14.1. The molecule has 1 aromatic rings. The Morgan fingerprint density at radius 2 is 2.30 bits per heavy atom. The van der Waals surface area contributed by atoms with E-state index in [4.69, 9.17) is 4.74 Å². The van der Waals surface area contributed by atoms with Gasteiger partial charge in [0.2, 0.25) is 0 Å². The molecule has 1 saturated carbocycles. The summed E-state index contributed by atoms with van der Waals surface area (Å²) in [6.07, 6.45) is 3.60. The Labute approximate surface area is 117 Å². The first-order valence-corrected chi connectivity index (χ1v) is 7.02. The fraction of sp³-hybridized carbons (Fsp3) is 0.533. The molecule has 2 atom stereocenters. The maximum absolute atomic E-state index is 13.2. The van der Waals surface area contributed by atoms with Crippen LogP contribution in [0, 0.1) is 5.82 Å². The van der Waals surface area contributed by atoms with Crippen molar-refractivity contribution in [2.24, 2.45) is 0 Å². The van der Waals surface area contributed by atoms with E-state index >= 15 is 0 Å². The van der Waals surface area contributed by atoms with Crippen molar-refractivity contribution in [1.29, 1.82) is 0 Å². The minimum absolute atomic E-state index is 0.0611. The van der Waals surface area contributed by atoms with E-state index < -0.39 is 11.8 Å². The van der Waals surface area contributed by atoms with Gasteiger partial charge in [-0.15, -0.1) is 0 Å². The summed E-state index contributed by atoms with van der Waals surface area (Å²) in [6, 6.07) is 4.38. The number of hydrogen-bond acceptors (Lipinski definition) is 3. The SMILES string of the molecule is O=C(O)c1cc(F)ccc1CN1CCOC2CCCC21. The molecule has 0 amide bonds. The zero-order valence-electron chi connectivity index (χ0n) is 11.2. The first kappa shape index (κ1) is 13.5. The average molecular weight is 279 g/mol. The lowest BCUT2D eigenvalue weighted by molar-refractivity contribution is -0.0588. The van der Waals surface area contributed by atoms with Gasteiger partial charge >= 0.3 is 5.97 Å². The van der Waals surface area contributed by atoms with Crippen molar-refractivity contribution in [3.05, 3.63) is 35.1 Å². The van der Waals surface area contributed by atoms with Crippen LogP contribution in [-0.4, -0.2) is 41.3 Å². The maximum atomic E-state index is 13.2. The molecule has 108 valence electrons. The van der Waals surface area contributed by atoms with Gasteiger partial charge in [-0.3, -0.25) is 4.90 Å². The number of benzene rings is 1. The highest BCUT2D eigenvalue weighted by Gasteiger charge is 2.36. The summed E-state index contributed by atoms with van der Waals surface area (Å²) in [4.78, 5) is 13.5. The Morgan fingerprint density at radius 3 is 3.10 bits per heavy atom. The molecular weight excluding hydrogens is 261 g/mol. The largest absolute Gasteiger partial charge is 0.478 e. The van der Waals surface area contributed by atoms with Crippen molar-refractivity contribution in [1.82, 2.24) is 4.90 Å². The summed E-state index contributed by atoms with van der Waals surface area (Å²) in [5, 5.41) is 9.20. The Bertz CT molecular complexity index is 520. The van der Waals surface area contributed by atoms with Crippen LogP contribution in [0.15, 0.2) is 18.2 Å².